The number of aryl methyl sites for hydroxylation is 1. The summed E-state index contributed by atoms with van der Waals surface area (Å²) in [5.41, 5.74) is -0.227. The molecule has 0 aliphatic heterocycles. The van der Waals surface area contributed by atoms with Crippen LogP contribution in [0.25, 0.3) is 0 Å². The Balaban J connectivity index is 0.000000739. The van der Waals surface area contributed by atoms with Crippen molar-refractivity contribution in [2.24, 2.45) is 0 Å². The molecule has 1 aromatic heterocycles. The van der Waals surface area contributed by atoms with Crippen molar-refractivity contribution in [3.05, 3.63) is 47.0 Å². The minimum atomic E-state index is -3.67. The first-order valence-corrected chi connectivity index (χ1v) is 12.2. The zero-order valence-corrected chi connectivity index (χ0v) is 20.1. The van der Waals surface area contributed by atoms with Crippen LogP contribution in [0.2, 0.25) is 0 Å². The second-order valence-electron chi connectivity index (χ2n) is 8.21. The summed E-state index contributed by atoms with van der Waals surface area (Å²) < 4.78 is 65.6. The van der Waals surface area contributed by atoms with Crippen LogP contribution in [0.15, 0.2) is 18.2 Å². The van der Waals surface area contributed by atoms with Crippen LogP contribution in [0.5, 0.6) is 0 Å². The third-order valence-corrected chi connectivity index (χ3v) is 4.94. The highest BCUT2D eigenvalue weighted by Crippen LogP contribution is 2.23. The van der Waals surface area contributed by atoms with E-state index in [2.05, 4.69) is 20.6 Å². The summed E-state index contributed by atoms with van der Waals surface area (Å²) in [7, 11) is 0.163. The minimum Gasteiger partial charge on any atom is -0.367 e. The molecule has 1 fully saturated rings. The van der Waals surface area contributed by atoms with Crippen LogP contribution < -0.4 is 15.5 Å². The van der Waals surface area contributed by atoms with E-state index >= 15 is 0 Å². The first kappa shape index (κ1) is 27.3. The Kier molecular flexibility index (Phi) is 9.21. The average Bonchev–Trinajstić information content (AvgIpc) is 2.71. The van der Waals surface area contributed by atoms with Gasteiger partial charge in [0.1, 0.15) is 17.5 Å². The molecule has 13 heteroatoms. The minimum absolute atomic E-state index is 0.110. The number of anilines is 2. The summed E-state index contributed by atoms with van der Waals surface area (Å²) in [5.74, 6) is -2.68. The zero-order valence-electron chi connectivity index (χ0n) is 19.3. The number of rotatable bonds is 5. The van der Waals surface area contributed by atoms with E-state index in [9.17, 15) is 26.4 Å². The zero-order chi connectivity index (χ0) is 25.6. The Morgan fingerprint density at radius 2 is 1.53 bits per heavy atom. The highest BCUT2D eigenvalue weighted by molar-refractivity contribution is 7.85. The van der Waals surface area contributed by atoms with Crippen LogP contribution in [0, 0.1) is 24.4 Å². The number of carbonyl (C=O) groups excluding carboxylic acids is 1. The molecule has 0 radical (unpaired) electrons. The molecule has 188 valence electrons. The van der Waals surface area contributed by atoms with Gasteiger partial charge in [-0.1, -0.05) is 0 Å². The number of nitrogens with zero attached hydrogens (tertiary/aromatic N) is 3. The standard InChI is InChI=1S/C20H24F3N5O.CH4O3S/c1-11-24-17(10-18(25-11)28(2)3)26-13-4-6-14(7-5-13)27-20(29)12-8-15(21)19(23)16(22)9-12;1-5(2,3)4/h8-10,13-14H,4-7H2,1-3H3,(H,27,29)(H,24,25,26);1H3,(H,2,3,4)/t13-,14+;. The Morgan fingerprint density at radius 3 is 2.03 bits per heavy atom. The van der Waals surface area contributed by atoms with Crippen LogP contribution in [0.3, 0.4) is 0 Å². The summed E-state index contributed by atoms with van der Waals surface area (Å²) in [4.78, 5) is 22.9. The molecule has 0 atom stereocenters. The van der Waals surface area contributed by atoms with Gasteiger partial charge in [-0.2, -0.15) is 8.42 Å². The number of nitrogens with one attached hydrogen (secondary N) is 2. The number of halogens is 3. The smallest absolute Gasteiger partial charge is 0.261 e. The fourth-order valence-electron chi connectivity index (χ4n) is 3.40. The Hall–Kier alpha value is -2.93. The molecular weight excluding hydrogens is 475 g/mol. The van der Waals surface area contributed by atoms with Crippen molar-refractivity contribution in [3.8, 4) is 0 Å². The van der Waals surface area contributed by atoms with Crippen LogP contribution in [0.1, 0.15) is 41.9 Å². The SMILES string of the molecule is CS(=O)(=O)O.Cc1nc(N[C@H]2CC[C@@H](NC(=O)c3cc(F)c(F)c(F)c3)CC2)cc(N(C)C)n1. The van der Waals surface area contributed by atoms with Crippen LogP contribution in [0.4, 0.5) is 24.8 Å². The molecule has 0 bridgehead atoms. The highest BCUT2D eigenvalue weighted by Gasteiger charge is 2.24. The largest absolute Gasteiger partial charge is 0.367 e. The van der Waals surface area contributed by atoms with Gasteiger partial charge < -0.3 is 15.5 Å². The molecule has 3 N–H and O–H groups in total. The van der Waals surface area contributed by atoms with E-state index in [1.54, 1.807) is 0 Å². The number of hydrogen-bond acceptors (Lipinski definition) is 7. The lowest BCUT2D eigenvalue weighted by Crippen LogP contribution is -2.40. The molecule has 9 nitrogen and oxygen atoms in total. The van der Waals surface area contributed by atoms with Crippen LogP contribution in [-0.4, -0.2) is 61.3 Å². The van der Waals surface area contributed by atoms with Gasteiger partial charge in [0.2, 0.25) is 0 Å². The molecule has 1 aliphatic rings. The predicted octanol–water partition coefficient (Wildman–Crippen LogP) is 2.93. The molecular formula is C21H28F3N5O4S. The predicted molar refractivity (Wildman–Crippen MR) is 122 cm³/mol. The first-order chi connectivity index (χ1) is 15.7. The van der Waals surface area contributed by atoms with E-state index in [4.69, 9.17) is 4.55 Å². The average molecular weight is 504 g/mol. The third-order valence-electron chi connectivity index (χ3n) is 4.94. The van der Waals surface area contributed by atoms with Crippen molar-refractivity contribution in [1.82, 2.24) is 15.3 Å². The van der Waals surface area contributed by atoms with Gasteiger partial charge in [-0.3, -0.25) is 9.35 Å². The number of aromatic nitrogens is 2. The summed E-state index contributed by atoms with van der Waals surface area (Å²) >= 11 is 0. The van der Waals surface area contributed by atoms with E-state index in [1.807, 2.05) is 32.0 Å². The molecule has 0 spiro atoms. The lowest BCUT2D eigenvalue weighted by atomic mass is 9.91. The summed E-state index contributed by atoms with van der Waals surface area (Å²) in [6.45, 7) is 1.84. The number of carbonyl (C=O) groups is 1. The molecule has 3 rings (SSSR count). The van der Waals surface area contributed by atoms with E-state index in [0.717, 1.165) is 24.5 Å². The number of amides is 1. The van der Waals surface area contributed by atoms with Crippen molar-refractivity contribution < 1.29 is 30.9 Å². The Morgan fingerprint density at radius 1 is 1.03 bits per heavy atom. The second kappa shape index (κ2) is 11.5. The number of hydrogen-bond donors (Lipinski definition) is 3. The van der Waals surface area contributed by atoms with Gasteiger partial charge in [-0.05, 0) is 44.7 Å². The monoisotopic (exact) mass is 503 g/mol. The quantitative estimate of drug-likeness (QED) is 0.420. The van der Waals surface area contributed by atoms with Crippen molar-refractivity contribution in [3.63, 3.8) is 0 Å². The number of benzene rings is 1. The molecule has 1 aliphatic carbocycles. The maximum atomic E-state index is 13.3. The van der Waals surface area contributed by atoms with E-state index < -0.39 is 33.5 Å². The lowest BCUT2D eigenvalue weighted by Gasteiger charge is -2.30. The van der Waals surface area contributed by atoms with Gasteiger partial charge in [-0.15, -0.1) is 0 Å². The molecule has 2 aromatic rings. The van der Waals surface area contributed by atoms with Crippen molar-refractivity contribution in [1.29, 1.82) is 0 Å². The maximum Gasteiger partial charge on any atom is 0.261 e. The topological polar surface area (TPSA) is 125 Å². The lowest BCUT2D eigenvalue weighted by molar-refractivity contribution is 0.0925. The summed E-state index contributed by atoms with van der Waals surface area (Å²) in [6, 6.07) is 3.40. The fourth-order valence-corrected chi connectivity index (χ4v) is 3.40. The first-order valence-electron chi connectivity index (χ1n) is 10.4. The van der Waals surface area contributed by atoms with Crippen molar-refractivity contribution in [2.75, 3.05) is 30.6 Å². The second-order valence-corrected chi connectivity index (χ2v) is 9.67. The van der Waals surface area contributed by atoms with Crippen molar-refractivity contribution in [2.45, 2.75) is 44.7 Å². The molecule has 1 amide bonds. The van der Waals surface area contributed by atoms with Gasteiger partial charge in [-0.25, -0.2) is 23.1 Å². The maximum absolute atomic E-state index is 13.3. The molecule has 1 saturated carbocycles. The molecule has 0 unspecified atom stereocenters. The van der Waals surface area contributed by atoms with Gasteiger partial charge in [0.15, 0.2) is 17.5 Å². The van der Waals surface area contributed by atoms with Gasteiger partial charge >= 0.3 is 0 Å². The normalized spacial score (nSPS) is 17.9. The summed E-state index contributed by atoms with van der Waals surface area (Å²) in [6.07, 6.45) is 3.74. The van der Waals surface area contributed by atoms with E-state index in [1.165, 1.54) is 0 Å². The molecule has 34 heavy (non-hydrogen) atoms. The Labute approximate surface area is 196 Å². The van der Waals surface area contributed by atoms with E-state index in [-0.39, 0.29) is 17.6 Å². The third kappa shape index (κ3) is 8.78. The van der Waals surface area contributed by atoms with Crippen molar-refractivity contribution >= 4 is 27.7 Å². The summed E-state index contributed by atoms with van der Waals surface area (Å²) in [5, 5.41) is 6.18. The molecule has 1 aromatic carbocycles. The van der Waals surface area contributed by atoms with Crippen LogP contribution in [-0.2, 0) is 10.1 Å². The van der Waals surface area contributed by atoms with Crippen LogP contribution >= 0.6 is 0 Å². The molecule has 0 saturated heterocycles. The highest BCUT2D eigenvalue weighted by atomic mass is 32.2. The van der Waals surface area contributed by atoms with Gasteiger partial charge in [0.05, 0.1) is 6.26 Å². The van der Waals surface area contributed by atoms with E-state index in [0.29, 0.717) is 37.1 Å². The van der Waals surface area contributed by atoms with Gasteiger partial charge in [0.25, 0.3) is 16.0 Å². The molecule has 1 heterocycles. The fraction of sp³-hybridized carbons (Fsp3) is 0.476. The van der Waals surface area contributed by atoms with Gasteiger partial charge in [0, 0.05) is 37.8 Å². The Bertz CT molecular complexity index is 1090.